The van der Waals surface area contributed by atoms with Crippen molar-refractivity contribution in [2.75, 3.05) is 32.7 Å². The topological polar surface area (TPSA) is 52.7 Å². The maximum Gasteiger partial charge on any atom is 0.242 e. The van der Waals surface area contributed by atoms with Crippen LogP contribution in [0.25, 0.3) is 0 Å². The predicted molar refractivity (Wildman–Crippen MR) is 84.0 cm³/mol. The molecule has 0 spiro atoms. The van der Waals surface area contributed by atoms with Crippen molar-refractivity contribution >= 4 is 11.8 Å². The lowest BCUT2D eigenvalue weighted by Gasteiger charge is -2.34. The lowest BCUT2D eigenvalue weighted by atomic mass is 10.2. The third kappa shape index (κ3) is 4.07. The molecule has 1 aromatic rings. The molecule has 1 aromatic carbocycles. The molecule has 0 radical (unpaired) electrons. The summed E-state index contributed by atoms with van der Waals surface area (Å²) in [6.45, 7) is 4.33. The molecule has 118 valence electrons. The minimum absolute atomic E-state index is 0.0355. The predicted octanol–water partition coefficient (Wildman–Crippen LogP) is 0.857. The van der Waals surface area contributed by atoms with E-state index >= 15 is 0 Å². The maximum atomic E-state index is 12.1. The standard InChI is InChI=1S/C17H23N3O2/c21-16(12-18-17(22)15-6-7-15)20-10-8-19(9-11-20)13-14-4-2-1-3-5-14/h1-5,15H,6-13H2,(H,18,22). The van der Waals surface area contributed by atoms with Crippen LogP contribution in [-0.4, -0.2) is 54.3 Å². The number of piperazine rings is 1. The minimum Gasteiger partial charge on any atom is -0.347 e. The molecule has 1 N–H and O–H groups in total. The molecular formula is C17H23N3O2. The second kappa shape index (κ2) is 6.92. The smallest absolute Gasteiger partial charge is 0.242 e. The molecule has 5 heteroatoms. The lowest BCUT2D eigenvalue weighted by Crippen LogP contribution is -2.50. The van der Waals surface area contributed by atoms with Gasteiger partial charge in [-0.15, -0.1) is 0 Å². The Bertz CT molecular complexity index is 520. The summed E-state index contributed by atoms with van der Waals surface area (Å²) in [5.41, 5.74) is 1.30. The van der Waals surface area contributed by atoms with E-state index in [9.17, 15) is 9.59 Å². The molecule has 1 aliphatic heterocycles. The average molecular weight is 301 g/mol. The third-order valence-electron chi connectivity index (χ3n) is 4.34. The fraction of sp³-hybridized carbons (Fsp3) is 0.529. The third-order valence-corrected chi connectivity index (χ3v) is 4.34. The molecule has 3 rings (SSSR count). The van der Waals surface area contributed by atoms with Gasteiger partial charge in [0.2, 0.25) is 11.8 Å². The number of hydrogen-bond donors (Lipinski definition) is 1. The Hall–Kier alpha value is -1.88. The normalized spacial score (nSPS) is 19.0. The van der Waals surface area contributed by atoms with E-state index in [1.165, 1.54) is 5.56 Å². The van der Waals surface area contributed by atoms with Crippen molar-refractivity contribution in [1.29, 1.82) is 0 Å². The summed E-state index contributed by atoms with van der Waals surface area (Å²) in [6.07, 6.45) is 1.94. The Morgan fingerprint density at radius 3 is 2.36 bits per heavy atom. The first-order valence-corrected chi connectivity index (χ1v) is 8.04. The van der Waals surface area contributed by atoms with Crippen molar-refractivity contribution in [3.05, 3.63) is 35.9 Å². The highest BCUT2D eigenvalue weighted by molar-refractivity contribution is 5.86. The van der Waals surface area contributed by atoms with Crippen molar-refractivity contribution in [3.8, 4) is 0 Å². The van der Waals surface area contributed by atoms with Gasteiger partial charge in [-0.05, 0) is 18.4 Å². The number of hydrogen-bond acceptors (Lipinski definition) is 3. The summed E-state index contributed by atoms with van der Waals surface area (Å²) in [7, 11) is 0. The number of benzene rings is 1. The zero-order chi connectivity index (χ0) is 15.4. The van der Waals surface area contributed by atoms with Crippen LogP contribution in [0.2, 0.25) is 0 Å². The van der Waals surface area contributed by atoms with E-state index in [1.54, 1.807) is 0 Å². The fourth-order valence-electron chi connectivity index (χ4n) is 2.76. The van der Waals surface area contributed by atoms with Crippen LogP contribution in [0, 0.1) is 5.92 Å². The van der Waals surface area contributed by atoms with Crippen molar-refractivity contribution in [3.63, 3.8) is 0 Å². The van der Waals surface area contributed by atoms with Crippen molar-refractivity contribution < 1.29 is 9.59 Å². The van der Waals surface area contributed by atoms with Crippen LogP contribution in [0.5, 0.6) is 0 Å². The molecule has 1 heterocycles. The van der Waals surface area contributed by atoms with Gasteiger partial charge in [0.25, 0.3) is 0 Å². The van der Waals surface area contributed by atoms with Crippen LogP contribution in [-0.2, 0) is 16.1 Å². The zero-order valence-electron chi connectivity index (χ0n) is 12.8. The van der Waals surface area contributed by atoms with Crippen LogP contribution < -0.4 is 5.32 Å². The van der Waals surface area contributed by atoms with E-state index in [0.717, 1.165) is 45.6 Å². The first kappa shape index (κ1) is 15.0. The van der Waals surface area contributed by atoms with Crippen LogP contribution >= 0.6 is 0 Å². The van der Waals surface area contributed by atoms with Gasteiger partial charge in [-0.25, -0.2) is 0 Å². The van der Waals surface area contributed by atoms with Crippen LogP contribution in [0.1, 0.15) is 18.4 Å². The molecular weight excluding hydrogens is 278 g/mol. The average Bonchev–Trinajstić information content (AvgIpc) is 3.39. The summed E-state index contributed by atoms with van der Waals surface area (Å²) in [4.78, 5) is 27.9. The molecule has 1 saturated heterocycles. The van der Waals surface area contributed by atoms with Crippen molar-refractivity contribution in [2.45, 2.75) is 19.4 Å². The quantitative estimate of drug-likeness (QED) is 0.877. The highest BCUT2D eigenvalue weighted by Crippen LogP contribution is 2.28. The van der Waals surface area contributed by atoms with E-state index < -0.39 is 0 Å². The van der Waals surface area contributed by atoms with Gasteiger partial charge in [0.15, 0.2) is 0 Å². The van der Waals surface area contributed by atoms with Crippen LogP contribution in [0.15, 0.2) is 30.3 Å². The van der Waals surface area contributed by atoms with E-state index in [0.29, 0.717) is 0 Å². The summed E-state index contributed by atoms with van der Waals surface area (Å²) in [5, 5.41) is 2.75. The van der Waals surface area contributed by atoms with Crippen LogP contribution in [0.3, 0.4) is 0 Å². The molecule has 2 fully saturated rings. The molecule has 1 saturated carbocycles. The van der Waals surface area contributed by atoms with Gasteiger partial charge in [0.1, 0.15) is 0 Å². The Morgan fingerprint density at radius 1 is 1.05 bits per heavy atom. The van der Waals surface area contributed by atoms with E-state index in [4.69, 9.17) is 0 Å². The van der Waals surface area contributed by atoms with Crippen molar-refractivity contribution in [1.82, 2.24) is 15.1 Å². The lowest BCUT2D eigenvalue weighted by molar-refractivity contribution is -0.134. The van der Waals surface area contributed by atoms with E-state index in [1.807, 2.05) is 11.0 Å². The number of nitrogens with zero attached hydrogens (tertiary/aromatic N) is 2. The van der Waals surface area contributed by atoms with Gasteiger partial charge in [-0.3, -0.25) is 14.5 Å². The highest BCUT2D eigenvalue weighted by atomic mass is 16.2. The van der Waals surface area contributed by atoms with Gasteiger partial charge in [0.05, 0.1) is 6.54 Å². The molecule has 0 atom stereocenters. The Morgan fingerprint density at radius 2 is 1.73 bits per heavy atom. The molecule has 5 nitrogen and oxygen atoms in total. The molecule has 0 bridgehead atoms. The molecule has 0 unspecified atom stereocenters. The van der Waals surface area contributed by atoms with Gasteiger partial charge >= 0.3 is 0 Å². The molecule has 2 amide bonds. The summed E-state index contributed by atoms with van der Waals surface area (Å²) in [5.74, 6) is 0.236. The molecule has 0 aromatic heterocycles. The van der Waals surface area contributed by atoms with Crippen molar-refractivity contribution in [2.24, 2.45) is 5.92 Å². The van der Waals surface area contributed by atoms with E-state index in [2.05, 4.69) is 34.5 Å². The number of carbonyl (C=O) groups excluding carboxylic acids is 2. The molecule has 2 aliphatic rings. The summed E-state index contributed by atoms with van der Waals surface area (Å²) < 4.78 is 0. The minimum atomic E-state index is 0.0355. The Kier molecular flexibility index (Phi) is 4.73. The Balaban J connectivity index is 1.39. The zero-order valence-corrected chi connectivity index (χ0v) is 12.8. The van der Waals surface area contributed by atoms with Gasteiger partial charge in [0, 0.05) is 38.6 Å². The Labute approximate surface area is 131 Å². The first-order chi connectivity index (χ1) is 10.7. The number of amides is 2. The number of carbonyl (C=O) groups is 2. The van der Waals surface area contributed by atoms with Gasteiger partial charge < -0.3 is 10.2 Å². The SMILES string of the molecule is O=C(NCC(=O)N1CCN(Cc2ccccc2)CC1)C1CC1. The highest BCUT2D eigenvalue weighted by Gasteiger charge is 2.30. The number of nitrogens with one attached hydrogen (secondary N) is 1. The molecule has 22 heavy (non-hydrogen) atoms. The van der Waals surface area contributed by atoms with Gasteiger partial charge in [-0.2, -0.15) is 0 Å². The maximum absolute atomic E-state index is 12.1. The summed E-state index contributed by atoms with van der Waals surface area (Å²) in [6, 6.07) is 10.4. The van der Waals surface area contributed by atoms with Crippen LogP contribution in [0.4, 0.5) is 0 Å². The first-order valence-electron chi connectivity index (χ1n) is 8.04. The molecule has 1 aliphatic carbocycles. The number of rotatable bonds is 5. The van der Waals surface area contributed by atoms with Gasteiger partial charge in [-0.1, -0.05) is 30.3 Å². The van der Waals surface area contributed by atoms with E-state index in [-0.39, 0.29) is 24.3 Å². The monoisotopic (exact) mass is 301 g/mol. The summed E-state index contributed by atoms with van der Waals surface area (Å²) >= 11 is 0. The second-order valence-electron chi connectivity index (χ2n) is 6.13. The largest absolute Gasteiger partial charge is 0.347 e. The fourth-order valence-corrected chi connectivity index (χ4v) is 2.76. The second-order valence-corrected chi connectivity index (χ2v) is 6.13.